The maximum atomic E-state index is 11.5. The molecule has 31 heavy (non-hydrogen) atoms. The number of hydrogen-bond acceptors (Lipinski definition) is 2. The number of carbonyl (C=O) groups is 1. The van der Waals surface area contributed by atoms with Crippen LogP contribution in [0, 0.1) is 46.3 Å². The summed E-state index contributed by atoms with van der Waals surface area (Å²) >= 11 is 0. The third-order valence-electron chi connectivity index (χ3n) is 10.6. The normalized spacial score (nSPS) is 42.9. The Balaban J connectivity index is 1.47. The molecule has 0 N–H and O–H groups in total. The number of ether oxygens (including phenoxy) is 1. The minimum Gasteiger partial charge on any atom is -0.462 e. The highest BCUT2D eigenvalue weighted by Gasteiger charge is 2.59. The lowest BCUT2D eigenvalue weighted by Crippen LogP contribution is -2.51. The minimum absolute atomic E-state index is 0.115. The monoisotopic (exact) mass is 428 g/mol. The Morgan fingerprint density at radius 3 is 2.55 bits per heavy atom. The molecule has 4 aliphatic rings. The second kappa shape index (κ2) is 8.86. The van der Waals surface area contributed by atoms with Gasteiger partial charge in [0.25, 0.3) is 0 Å². The highest BCUT2D eigenvalue weighted by Crippen LogP contribution is 2.67. The third kappa shape index (κ3) is 4.26. The molecule has 3 saturated carbocycles. The minimum atomic E-state index is -0.115. The molecular formula is C29H48O2. The molecule has 4 aliphatic carbocycles. The van der Waals surface area contributed by atoms with E-state index in [9.17, 15) is 4.79 Å². The van der Waals surface area contributed by atoms with Crippen molar-refractivity contribution in [1.82, 2.24) is 0 Å². The van der Waals surface area contributed by atoms with Crippen LogP contribution in [0.3, 0.4) is 0 Å². The average molecular weight is 429 g/mol. The van der Waals surface area contributed by atoms with Crippen molar-refractivity contribution in [2.24, 2.45) is 46.3 Å². The van der Waals surface area contributed by atoms with Gasteiger partial charge in [-0.15, -0.1) is 0 Å². The zero-order valence-corrected chi connectivity index (χ0v) is 21.2. The lowest BCUT2D eigenvalue weighted by molar-refractivity contribution is -0.148. The van der Waals surface area contributed by atoms with E-state index in [4.69, 9.17) is 4.74 Å². The molecule has 0 aromatic rings. The van der Waals surface area contributed by atoms with Crippen molar-refractivity contribution in [3.05, 3.63) is 11.6 Å². The van der Waals surface area contributed by atoms with E-state index < -0.39 is 0 Å². The van der Waals surface area contributed by atoms with Gasteiger partial charge in [0.05, 0.1) is 0 Å². The first-order chi connectivity index (χ1) is 14.6. The smallest absolute Gasteiger partial charge is 0.302 e. The first-order valence-electron chi connectivity index (χ1n) is 13.5. The zero-order chi connectivity index (χ0) is 22.4. The number of carbonyl (C=O) groups excluding carboxylic acids is 1. The van der Waals surface area contributed by atoms with Gasteiger partial charge in [-0.05, 0) is 91.3 Å². The summed E-state index contributed by atoms with van der Waals surface area (Å²) in [4.78, 5) is 11.5. The fraction of sp³-hybridized carbons (Fsp3) is 0.897. The Labute approximate surface area is 192 Å². The van der Waals surface area contributed by atoms with Crippen LogP contribution < -0.4 is 0 Å². The van der Waals surface area contributed by atoms with Crippen LogP contribution in [0.5, 0.6) is 0 Å². The predicted molar refractivity (Wildman–Crippen MR) is 129 cm³/mol. The van der Waals surface area contributed by atoms with E-state index in [-0.39, 0.29) is 12.1 Å². The van der Waals surface area contributed by atoms with Gasteiger partial charge in [0, 0.05) is 13.3 Å². The molecule has 176 valence electrons. The van der Waals surface area contributed by atoms with E-state index >= 15 is 0 Å². The van der Waals surface area contributed by atoms with Gasteiger partial charge in [-0.25, -0.2) is 0 Å². The van der Waals surface area contributed by atoms with Crippen molar-refractivity contribution < 1.29 is 9.53 Å². The van der Waals surface area contributed by atoms with Crippen molar-refractivity contribution in [3.8, 4) is 0 Å². The van der Waals surface area contributed by atoms with Gasteiger partial charge < -0.3 is 4.74 Å². The van der Waals surface area contributed by atoms with Gasteiger partial charge in [-0.3, -0.25) is 4.79 Å². The zero-order valence-electron chi connectivity index (χ0n) is 21.2. The van der Waals surface area contributed by atoms with Crippen molar-refractivity contribution in [1.29, 1.82) is 0 Å². The molecule has 4 rings (SSSR count). The molecule has 0 saturated heterocycles. The number of fused-ring (bicyclic) bond motifs is 5. The molecule has 2 heteroatoms. The van der Waals surface area contributed by atoms with Gasteiger partial charge in [-0.1, -0.05) is 65.5 Å². The van der Waals surface area contributed by atoms with Crippen LogP contribution in [0.15, 0.2) is 11.6 Å². The standard InChI is InChI=1S/C29H48O2/c1-19(2)8-7-9-20(3)25-12-13-26-24-11-10-22-18-23(31-21(4)30)14-16-28(22,5)27(24)15-17-29(25,26)6/h10,19-20,23-27H,7-9,11-18H2,1-6H3/t20?,23-,24-,25?,26-,27-,28-,29+/m0/s1. The molecule has 0 heterocycles. The summed E-state index contributed by atoms with van der Waals surface area (Å²) < 4.78 is 5.61. The van der Waals surface area contributed by atoms with E-state index in [1.165, 1.54) is 57.8 Å². The van der Waals surface area contributed by atoms with E-state index in [0.717, 1.165) is 48.3 Å². The largest absolute Gasteiger partial charge is 0.462 e. The first kappa shape index (κ1) is 23.4. The van der Waals surface area contributed by atoms with Crippen molar-refractivity contribution >= 4 is 5.97 Å². The Morgan fingerprint density at radius 2 is 1.84 bits per heavy atom. The molecule has 8 atom stereocenters. The van der Waals surface area contributed by atoms with Crippen LogP contribution >= 0.6 is 0 Å². The van der Waals surface area contributed by atoms with Crippen molar-refractivity contribution in [2.45, 2.75) is 118 Å². The third-order valence-corrected chi connectivity index (χ3v) is 10.6. The Hall–Kier alpha value is -0.790. The number of hydrogen-bond donors (Lipinski definition) is 0. The van der Waals surface area contributed by atoms with Crippen LogP contribution in [-0.4, -0.2) is 12.1 Å². The first-order valence-corrected chi connectivity index (χ1v) is 13.5. The quantitative estimate of drug-likeness (QED) is 0.317. The highest BCUT2D eigenvalue weighted by atomic mass is 16.5. The Bertz CT molecular complexity index is 693. The summed E-state index contributed by atoms with van der Waals surface area (Å²) in [6.07, 6.45) is 17.2. The fourth-order valence-corrected chi connectivity index (χ4v) is 8.99. The lowest BCUT2D eigenvalue weighted by atomic mass is 9.47. The topological polar surface area (TPSA) is 26.3 Å². The van der Waals surface area contributed by atoms with Crippen LogP contribution in [0.1, 0.15) is 112 Å². The van der Waals surface area contributed by atoms with Gasteiger partial charge >= 0.3 is 5.97 Å². The molecule has 0 radical (unpaired) electrons. The molecule has 2 nitrogen and oxygen atoms in total. The molecule has 3 fully saturated rings. The van der Waals surface area contributed by atoms with E-state index in [1.807, 2.05) is 0 Å². The van der Waals surface area contributed by atoms with Gasteiger partial charge in [0.2, 0.25) is 0 Å². The summed E-state index contributed by atoms with van der Waals surface area (Å²) in [5.41, 5.74) is 2.53. The van der Waals surface area contributed by atoms with E-state index in [0.29, 0.717) is 10.8 Å². The fourth-order valence-electron chi connectivity index (χ4n) is 8.99. The van der Waals surface area contributed by atoms with E-state index in [1.54, 1.807) is 12.5 Å². The SMILES string of the molecule is CC(=O)O[C@H]1CC[C@@]2(C)C(=CC[C@@H]3[C@@H]2CC[C@]2(C)C(C(C)CCCC(C)C)CC[C@@H]32)C1. The maximum Gasteiger partial charge on any atom is 0.302 e. The average Bonchev–Trinajstić information content (AvgIpc) is 3.05. The molecule has 0 aromatic carbocycles. The van der Waals surface area contributed by atoms with Crippen molar-refractivity contribution in [2.75, 3.05) is 0 Å². The second-order valence-electron chi connectivity index (χ2n) is 12.8. The summed E-state index contributed by atoms with van der Waals surface area (Å²) in [7, 11) is 0. The van der Waals surface area contributed by atoms with Crippen LogP contribution in [0.25, 0.3) is 0 Å². The van der Waals surface area contributed by atoms with Gasteiger partial charge in [0.15, 0.2) is 0 Å². The van der Waals surface area contributed by atoms with Gasteiger partial charge in [-0.2, -0.15) is 0 Å². The van der Waals surface area contributed by atoms with Gasteiger partial charge in [0.1, 0.15) is 6.10 Å². The molecular weight excluding hydrogens is 380 g/mol. The molecule has 2 unspecified atom stereocenters. The van der Waals surface area contributed by atoms with Crippen molar-refractivity contribution in [3.63, 3.8) is 0 Å². The molecule has 0 aromatic heterocycles. The Kier molecular flexibility index (Phi) is 6.68. The summed E-state index contributed by atoms with van der Waals surface area (Å²) in [6.45, 7) is 14.1. The van der Waals surface area contributed by atoms with Crippen LogP contribution in [-0.2, 0) is 9.53 Å². The number of allylic oxidation sites excluding steroid dienone is 1. The second-order valence-corrected chi connectivity index (χ2v) is 12.8. The van der Waals surface area contributed by atoms with Crippen LogP contribution in [0.2, 0.25) is 0 Å². The highest BCUT2D eigenvalue weighted by molar-refractivity contribution is 5.66. The number of esters is 1. The summed E-state index contributed by atoms with van der Waals surface area (Å²) in [6, 6.07) is 0. The predicted octanol–water partition coefficient (Wildman–Crippen LogP) is 7.96. The summed E-state index contributed by atoms with van der Waals surface area (Å²) in [5.74, 6) is 5.19. The van der Waals surface area contributed by atoms with Crippen LogP contribution in [0.4, 0.5) is 0 Å². The number of rotatable bonds is 6. The molecule has 0 aliphatic heterocycles. The molecule has 0 bridgehead atoms. The Morgan fingerprint density at radius 1 is 1.06 bits per heavy atom. The maximum absolute atomic E-state index is 11.5. The van der Waals surface area contributed by atoms with E-state index in [2.05, 4.69) is 40.7 Å². The summed E-state index contributed by atoms with van der Waals surface area (Å²) in [5, 5.41) is 0. The lowest BCUT2D eigenvalue weighted by Gasteiger charge is -2.58. The molecule has 0 spiro atoms. The molecule has 0 amide bonds.